The summed E-state index contributed by atoms with van der Waals surface area (Å²) in [4.78, 5) is 8.90. The van der Waals surface area contributed by atoms with Crippen molar-refractivity contribution >= 4 is 23.4 Å². The van der Waals surface area contributed by atoms with Crippen LogP contribution in [0.3, 0.4) is 0 Å². The zero-order valence-corrected chi connectivity index (χ0v) is 9.88. The maximum Gasteiger partial charge on any atom is 0.490 e. The first-order valence-corrected chi connectivity index (χ1v) is 4.89. The molecular formula is C8H10ClF3N4O2. The van der Waals surface area contributed by atoms with Crippen molar-refractivity contribution in [3.63, 3.8) is 0 Å². The number of aryl methyl sites for hydroxylation is 1. The van der Waals surface area contributed by atoms with Crippen molar-refractivity contribution in [2.75, 3.05) is 5.43 Å². The summed E-state index contributed by atoms with van der Waals surface area (Å²) in [6.45, 7) is 1.99. The van der Waals surface area contributed by atoms with E-state index in [0.717, 1.165) is 12.0 Å². The van der Waals surface area contributed by atoms with Gasteiger partial charge in [-0.25, -0.2) is 10.6 Å². The second kappa shape index (κ2) is 6.97. The number of hydrogen-bond acceptors (Lipinski definition) is 5. The number of carbonyl (C=O) groups is 1. The molecule has 4 N–H and O–H groups in total. The Kier molecular flexibility index (Phi) is 6.34. The Balaban J connectivity index is 0.000000360. The standard InChI is InChI=1S/C6H9ClN4.C2HF3O2/c1-2-4-3-5(9-8)10-11-6(4)7;3-2(4,5)1(6)7/h3H,2,8H2,1H3,(H,9,10);(H,6,7). The van der Waals surface area contributed by atoms with Crippen LogP contribution in [-0.4, -0.2) is 27.4 Å². The number of hydrazine groups is 1. The number of nitrogens with one attached hydrogen (secondary N) is 1. The quantitative estimate of drug-likeness (QED) is 0.564. The molecule has 1 heterocycles. The number of aliphatic carboxylic acids is 1. The number of carboxylic acids is 1. The predicted octanol–water partition coefficient (Wildman–Crippen LogP) is 1.61. The summed E-state index contributed by atoms with van der Waals surface area (Å²) in [6, 6.07) is 1.77. The van der Waals surface area contributed by atoms with E-state index in [-0.39, 0.29) is 0 Å². The molecule has 1 aromatic heterocycles. The second-order valence-electron chi connectivity index (χ2n) is 2.85. The molecule has 0 fully saturated rings. The monoisotopic (exact) mass is 286 g/mol. The average Bonchev–Trinajstić information content (AvgIpc) is 2.29. The fourth-order valence-corrected chi connectivity index (χ4v) is 0.960. The summed E-state index contributed by atoms with van der Waals surface area (Å²) < 4.78 is 31.7. The van der Waals surface area contributed by atoms with Crippen LogP contribution in [0.5, 0.6) is 0 Å². The molecule has 0 saturated carbocycles. The minimum Gasteiger partial charge on any atom is -0.475 e. The molecule has 0 radical (unpaired) electrons. The van der Waals surface area contributed by atoms with Crippen LogP contribution in [-0.2, 0) is 11.2 Å². The van der Waals surface area contributed by atoms with Crippen molar-refractivity contribution in [3.8, 4) is 0 Å². The fourth-order valence-electron chi connectivity index (χ4n) is 0.734. The third kappa shape index (κ3) is 5.64. The van der Waals surface area contributed by atoms with Crippen LogP contribution in [0.2, 0.25) is 5.15 Å². The molecule has 0 aliphatic carbocycles. The highest BCUT2D eigenvalue weighted by Crippen LogP contribution is 2.14. The Labute approximate surface area is 105 Å². The van der Waals surface area contributed by atoms with Crippen LogP contribution in [0.4, 0.5) is 19.0 Å². The van der Waals surface area contributed by atoms with E-state index in [0.29, 0.717) is 11.0 Å². The van der Waals surface area contributed by atoms with Crippen molar-refractivity contribution in [2.24, 2.45) is 5.84 Å². The Morgan fingerprint density at radius 1 is 1.56 bits per heavy atom. The smallest absolute Gasteiger partial charge is 0.475 e. The number of nitrogens with two attached hydrogens (primary N) is 1. The first kappa shape index (κ1) is 16.4. The highest BCUT2D eigenvalue weighted by molar-refractivity contribution is 6.30. The lowest BCUT2D eigenvalue weighted by molar-refractivity contribution is -0.192. The Morgan fingerprint density at radius 3 is 2.39 bits per heavy atom. The van der Waals surface area contributed by atoms with Crippen LogP contribution < -0.4 is 11.3 Å². The minimum atomic E-state index is -5.08. The fraction of sp³-hybridized carbons (Fsp3) is 0.375. The number of nitrogen functional groups attached to an aromatic ring is 1. The number of rotatable bonds is 2. The maximum absolute atomic E-state index is 10.6. The van der Waals surface area contributed by atoms with Gasteiger partial charge in [-0.2, -0.15) is 13.2 Å². The van der Waals surface area contributed by atoms with Gasteiger partial charge in [-0.1, -0.05) is 18.5 Å². The predicted molar refractivity (Wildman–Crippen MR) is 57.9 cm³/mol. The highest BCUT2D eigenvalue weighted by Gasteiger charge is 2.38. The van der Waals surface area contributed by atoms with Crippen molar-refractivity contribution in [1.29, 1.82) is 0 Å². The van der Waals surface area contributed by atoms with Crippen molar-refractivity contribution < 1.29 is 23.1 Å². The van der Waals surface area contributed by atoms with E-state index in [1.54, 1.807) is 6.07 Å². The summed E-state index contributed by atoms with van der Waals surface area (Å²) in [6.07, 6.45) is -4.26. The summed E-state index contributed by atoms with van der Waals surface area (Å²) in [5.41, 5.74) is 3.34. The molecule has 0 atom stereocenters. The first-order chi connectivity index (χ1) is 8.22. The lowest BCUT2D eigenvalue weighted by Crippen LogP contribution is -2.21. The van der Waals surface area contributed by atoms with Crippen LogP contribution in [0, 0.1) is 0 Å². The van der Waals surface area contributed by atoms with E-state index in [4.69, 9.17) is 27.3 Å². The molecule has 102 valence electrons. The van der Waals surface area contributed by atoms with Gasteiger partial charge in [0.15, 0.2) is 11.0 Å². The lowest BCUT2D eigenvalue weighted by atomic mass is 10.2. The van der Waals surface area contributed by atoms with Gasteiger partial charge in [-0.05, 0) is 18.1 Å². The molecule has 0 aromatic carbocycles. The topological polar surface area (TPSA) is 101 Å². The third-order valence-electron chi connectivity index (χ3n) is 1.59. The van der Waals surface area contributed by atoms with Gasteiger partial charge in [0.2, 0.25) is 0 Å². The minimum absolute atomic E-state index is 0.437. The van der Waals surface area contributed by atoms with E-state index in [1.165, 1.54) is 0 Å². The second-order valence-corrected chi connectivity index (χ2v) is 3.20. The Morgan fingerprint density at radius 2 is 2.06 bits per heavy atom. The third-order valence-corrected chi connectivity index (χ3v) is 1.91. The van der Waals surface area contributed by atoms with E-state index in [1.807, 2.05) is 6.92 Å². The summed E-state index contributed by atoms with van der Waals surface area (Å²) in [5.74, 6) is 2.90. The van der Waals surface area contributed by atoms with E-state index in [9.17, 15) is 13.2 Å². The molecule has 1 rings (SSSR count). The molecule has 10 heteroatoms. The molecule has 0 saturated heterocycles. The average molecular weight is 287 g/mol. The van der Waals surface area contributed by atoms with E-state index < -0.39 is 12.1 Å². The molecule has 0 bridgehead atoms. The van der Waals surface area contributed by atoms with E-state index >= 15 is 0 Å². The van der Waals surface area contributed by atoms with Gasteiger partial charge in [0, 0.05) is 0 Å². The van der Waals surface area contributed by atoms with Crippen molar-refractivity contribution in [3.05, 3.63) is 16.8 Å². The number of alkyl halides is 3. The Hall–Kier alpha value is -1.61. The molecule has 18 heavy (non-hydrogen) atoms. The summed E-state index contributed by atoms with van der Waals surface area (Å²) >= 11 is 5.71. The van der Waals surface area contributed by atoms with Gasteiger partial charge in [0.25, 0.3) is 0 Å². The zero-order valence-electron chi connectivity index (χ0n) is 9.12. The maximum atomic E-state index is 10.6. The molecule has 0 aliphatic rings. The Bertz CT molecular complexity index is 414. The van der Waals surface area contributed by atoms with Gasteiger partial charge in [0.05, 0.1) is 0 Å². The van der Waals surface area contributed by atoms with Crippen LogP contribution >= 0.6 is 11.6 Å². The number of nitrogens with zero attached hydrogens (tertiary/aromatic N) is 2. The van der Waals surface area contributed by atoms with Gasteiger partial charge >= 0.3 is 12.1 Å². The highest BCUT2D eigenvalue weighted by atomic mass is 35.5. The number of carboxylic acid groups (broad SMARTS) is 1. The zero-order chi connectivity index (χ0) is 14.3. The van der Waals surface area contributed by atoms with Crippen molar-refractivity contribution in [1.82, 2.24) is 10.2 Å². The number of halogens is 4. The number of hydrogen-bond donors (Lipinski definition) is 3. The van der Waals surface area contributed by atoms with E-state index in [2.05, 4.69) is 15.6 Å². The number of anilines is 1. The van der Waals surface area contributed by atoms with Crippen LogP contribution in [0.1, 0.15) is 12.5 Å². The molecule has 0 spiro atoms. The molecule has 1 aromatic rings. The van der Waals surface area contributed by atoms with Gasteiger partial charge in [-0.3, -0.25) is 0 Å². The summed E-state index contributed by atoms with van der Waals surface area (Å²) in [5, 5.41) is 14.9. The van der Waals surface area contributed by atoms with Gasteiger partial charge in [-0.15, -0.1) is 10.2 Å². The van der Waals surface area contributed by atoms with Crippen LogP contribution in [0.15, 0.2) is 6.07 Å². The first-order valence-electron chi connectivity index (χ1n) is 4.51. The largest absolute Gasteiger partial charge is 0.490 e. The molecular weight excluding hydrogens is 277 g/mol. The molecule has 6 nitrogen and oxygen atoms in total. The molecule has 0 amide bonds. The van der Waals surface area contributed by atoms with Crippen LogP contribution in [0.25, 0.3) is 0 Å². The SMILES string of the molecule is CCc1cc(NN)nnc1Cl.O=C(O)C(F)(F)F. The molecule has 0 aliphatic heterocycles. The van der Waals surface area contributed by atoms with Gasteiger partial charge < -0.3 is 10.5 Å². The number of aromatic nitrogens is 2. The molecule has 0 unspecified atom stereocenters. The summed E-state index contributed by atoms with van der Waals surface area (Å²) in [7, 11) is 0. The van der Waals surface area contributed by atoms with Gasteiger partial charge in [0.1, 0.15) is 0 Å². The lowest BCUT2D eigenvalue weighted by Gasteiger charge is -2.01. The van der Waals surface area contributed by atoms with Crippen molar-refractivity contribution in [2.45, 2.75) is 19.5 Å². The normalized spacial score (nSPS) is 10.3.